The second-order valence-electron chi connectivity index (χ2n) is 17.5. The van der Waals surface area contributed by atoms with E-state index in [1.165, 1.54) is 12.0 Å². The van der Waals surface area contributed by atoms with Gasteiger partial charge in [-0.2, -0.15) is 0 Å². The van der Waals surface area contributed by atoms with Crippen molar-refractivity contribution in [3.05, 3.63) is 137 Å². The quantitative estimate of drug-likeness (QED) is 0.127. The van der Waals surface area contributed by atoms with Gasteiger partial charge in [0.2, 0.25) is 0 Å². The molecule has 6 nitrogen and oxygen atoms in total. The van der Waals surface area contributed by atoms with Crippen LogP contribution >= 0.6 is 0 Å². The smallest absolute Gasteiger partial charge is 0.410 e. The lowest BCUT2D eigenvalue weighted by Crippen LogP contribution is -2.54. The van der Waals surface area contributed by atoms with Gasteiger partial charge < -0.3 is 19.8 Å². The lowest BCUT2D eigenvalue weighted by Gasteiger charge is -2.46. The molecule has 2 fully saturated rings. The number of aliphatic hydroxyl groups excluding tert-OH is 1. The Morgan fingerprint density at radius 1 is 0.807 bits per heavy atom. The fourth-order valence-electron chi connectivity index (χ4n) is 10.3. The summed E-state index contributed by atoms with van der Waals surface area (Å²) in [5.74, 6) is 0.545. The Bertz CT molecular complexity index is 2280. The molecule has 9 rings (SSSR count). The Hall–Kier alpha value is -4.78. The van der Waals surface area contributed by atoms with Gasteiger partial charge in [-0.3, -0.25) is 4.79 Å². The van der Waals surface area contributed by atoms with E-state index in [4.69, 9.17) is 4.74 Å². The second-order valence-corrected chi connectivity index (χ2v) is 17.5. The average molecular weight is 764 g/mol. The summed E-state index contributed by atoms with van der Waals surface area (Å²) in [5.41, 5.74) is 2.98. The SMILES string of the molecule is CC1=CCCC2(C)C(CCC2(O)CN(Cc2cccc3ccccc23)C(=O)Oc2ccc3ccccc3c2)c2ccc(cc2C(=O)C2CCCCC2)CC(O)CC1. The van der Waals surface area contributed by atoms with Gasteiger partial charge in [0.1, 0.15) is 5.75 Å². The number of benzene rings is 5. The molecule has 2 bridgehead atoms. The van der Waals surface area contributed by atoms with Gasteiger partial charge in [0.25, 0.3) is 0 Å². The molecule has 2 N–H and O–H groups in total. The first-order chi connectivity index (χ1) is 27.6. The molecule has 2 saturated carbocycles. The molecule has 1 amide bonds. The monoisotopic (exact) mass is 763 g/mol. The third-order valence-corrected chi connectivity index (χ3v) is 13.8. The van der Waals surface area contributed by atoms with Crippen molar-refractivity contribution >= 4 is 33.4 Å². The topological polar surface area (TPSA) is 87.1 Å². The number of Topliss-reactive ketones (excluding diaryl/α,β-unsaturated/α-hetero) is 1. The molecule has 0 saturated heterocycles. The molecule has 0 radical (unpaired) electrons. The van der Waals surface area contributed by atoms with E-state index in [0.717, 1.165) is 82.3 Å². The zero-order valence-electron chi connectivity index (χ0n) is 33.6. The minimum Gasteiger partial charge on any atom is -0.410 e. The summed E-state index contributed by atoms with van der Waals surface area (Å²) in [6.45, 7) is 4.66. The molecule has 0 spiro atoms. The number of amides is 1. The molecule has 0 aromatic heterocycles. The number of rotatable bonds is 7. The molecule has 4 unspecified atom stereocenters. The highest BCUT2D eigenvalue weighted by atomic mass is 16.6. The average Bonchev–Trinajstić information content (AvgIpc) is 3.48. The van der Waals surface area contributed by atoms with E-state index in [2.05, 4.69) is 62.4 Å². The summed E-state index contributed by atoms with van der Waals surface area (Å²) in [6, 6.07) is 34.3. The standard InChI is InChI=1S/C51H57NO5/c1-35-12-11-28-50(2)47(45-26-22-36(30-42(53)24-21-35)31-46(45)48(54)39-15-4-3-5-16-39)27-29-51(50,56)34-52(33-41-19-10-18-38-14-8-9-20-44(38)41)49(55)57-43-25-23-37-13-6-7-17-40(37)32-43/h6-10,12-14,17-20,22-23,25-26,31-32,39,42,47,53,56H,3-5,11,15-16,21,24,27-30,33-34H2,1-2H3. The maximum Gasteiger partial charge on any atom is 0.415 e. The summed E-state index contributed by atoms with van der Waals surface area (Å²) in [5, 5.41) is 28.6. The van der Waals surface area contributed by atoms with Crippen LogP contribution < -0.4 is 4.74 Å². The zero-order valence-corrected chi connectivity index (χ0v) is 33.6. The van der Waals surface area contributed by atoms with Crippen LogP contribution in [0.5, 0.6) is 5.75 Å². The Balaban J connectivity index is 1.19. The van der Waals surface area contributed by atoms with Gasteiger partial charge in [-0.05, 0) is 127 Å². The van der Waals surface area contributed by atoms with Crippen LogP contribution in [0.3, 0.4) is 0 Å². The van der Waals surface area contributed by atoms with E-state index in [9.17, 15) is 19.8 Å². The number of ketones is 1. The first kappa shape index (κ1) is 39.1. The normalized spacial score (nSPS) is 24.5. The third-order valence-electron chi connectivity index (χ3n) is 13.8. The first-order valence-electron chi connectivity index (χ1n) is 21.3. The van der Waals surface area contributed by atoms with Crippen LogP contribution in [0.15, 0.2) is 115 Å². The Labute approximate surface area is 337 Å². The molecule has 57 heavy (non-hydrogen) atoms. The highest BCUT2D eigenvalue weighted by Gasteiger charge is 2.58. The molecule has 4 aliphatic rings. The van der Waals surface area contributed by atoms with Crippen molar-refractivity contribution in [2.75, 3.05) is 6.54 Å². The number of ether oxygens (including phenoxy) is 1. The second kappa shape index (κ2) is 16.6. The van der Waals surface area contributed by atoms with E-state index in [0.29, 0.717) is 37.9 Å². The van der Waals surface area contributed by atoms with Crippen molar-refractivity contribution in [3.63, 3.8) is 0 Å². The fourth-order valence-corrected chi connectivity index (χ4v) is 10.3. The van der Waals surface area contributed by atoms with Crippen LogP contribution in [-0.2, 0) is 13.0 Å². The molecular weight excluding hydrogens is 707 g/mol. The molecular formula is C51H57NO5. The van der Waals surface area contributed by atoms with Crippen LogP contribution in [0.1, 0.15) is 117 Å². The minimum atomic E-state index is -1.29. The number of nitrogens with zero attached hydrogens (tertiary/aromatic N) is 1. The molecule has 5 aromatic rings. The number of hydrogen-bond donors (Lipinski definition) is 2. The molecule has 4 atom stereocenters. The van der Waals surface area contributed by atoms with Crippen molar-refractivity contribution in [1.29, 1.82) is 0 Å². The van der Waals surface area contributed by atoms with Crippen LogP contribution in [0.2, 0.25) is 0 Å². The first-order valence-corrected chi connectivity index (χ1v) is 21.3. The van der Waals surface area contributed by atoms with E-state index in [-0.39, 0.29) is 30.7 Å². The van der Waals surface area contributed by atoms with Crippen molar-refractivity contribution in [1.82, 2.24) is 4.90 Å². The van der Waals surface area contributed by atoms with E-state index >= 15 is 0 Å². The minimum absolute atomic E-state index is 0.00486. The van der Waals surface area contributed by atoms with Gasteiger partial charge in [0, 0.05) is 23.4 Å². The van der Waals surface area contributed by atoms with Gasteiger partial charge in [-0.1, -0.05) is 123 Å². The van der Waals surface area contributed by atoms with Crippen LogP contribution in [-0.4, -0.2) is 45.2 Å². The summed E-state index contributed by atoms with van der Waals surface area (Å²) in [6.07, 6.45) is 10.9. The third kappa shape index (κ3) is 8.17. The van der Waals surface area contributed by atoms with Crippen molar-refractivity contribution < 1.29 is 24.5 Å². The molecule has 4 aliphatic carbocycles. The van der Waals surface area contributed by atoms with Gasteiger partial charge in [0.05, 0.1) is 18.2 Å². The Morgan fingerprint density at radius 3 is 2.39 bits per heavy atom. The van der Waals surface area contributed by atoms with Crippen molar-refractivity contribution in [2.24, 2.45) is 11.3 Å². The maximum absolute atomic E-state index is 14.6. The van der Waals surface area contributed by atoms with Gasteiger partial charge >= 0.3 is 6.09 Å². The summed E-state index contributed by atoms with van der Waals surface area (Å²) in [4.78, 5) is 30.8. The summed E-state index contributed by atoms with van der Waals surface area (Å²) in [7, 11) is 0. The molecule has 5 aromatic carbocycles. The number of carbonyl (C=O) groups is 2. The highest BCUT2D eigenvalue weighted by Crippen LogP contribution is 2.59. The number of hydrogen-bond acceptors (Lipinski definition) is 5. The molecule has 0 aliphatic heterocycles. The number of fused-ring (bicyclic) bond motifs is 10. The molecule has 6 heteroatoms. The predicted molar refractivity (Wildman–Crippen MR) is 229 cm³/mol. The van der Waals surface area contributed by atoms with Crippen molar-refractivity contribution in [2.45, 2.75) is 115 Å². The highest BCUT2D eigenvalue weighted by molar-refractivity contribution is 5.99. The van der Waals surface area contributed by atoms with E-state index in [1.807, 2.05) is 60.7 Å². The molecule has 0 heterocycles. The van der Waals surface area contributed by atoms with Crippen LogP contribution in [0, 0.1) is 11.3 Å². The largest absolute Gasteiger partial charge is 0.415 e. The van der Waals surface area contributed by atoms with Gasteiger partial charge in [-0.25, -0.2) is 4.79 Å². The van der Waals surface area contributed by atoms with Gasteiger partial charge in [0.15, 0.2) is 5.78 Å². The fraction of sp³-hybridized carbons (Fsp3) is 0.412. The van der Waals surface area contributed by atoms with Crippen molar-refractivity contribution in [3.8, 4) is 5.75 Å². The van der Waals surface area contributed by atoms with Gasteiger partial charge in [-0.15, -0.1) is 0 Å². The maximum atomic E-state index is 14.6. The number of aliphatic hydroxyl groups is 2. The summed E-state index contributed by atoms with van der Waals surface area (Å²) >= 11 is 0. The number of allylic oxidation sites excluding steroid dienone is 2. The van der Waals surface area contributed by atoms with E-state index in [1.54, 1.807) is 4.90 Å². The lowest BCUT2D eigenvalue weighted by atomic mass is 9.64. The molecule has 296 valence electrons. The van der Waals surface area contributed by atoms with Crippen LogP contribution in [0.4, 0.5) is 4.79 Å². The Morgan fingerprint density at radius 2 is 1.56 bits per heavy atom. The van der Waals surface area contributed by atoms with E-state index < -0.39 is 23.2 Å². The number of carbonyl (C=O) groups excluding carboxylic acids is 2. The Kier molecular flexibility index (Phi) is 11.4. The predicted octanol–water partition coefficient (Wildman–Crippen LogP) is 11.5. The zero-order chi connectivity index (χ0) is 39.6. The lowest BCUT2D eigenvalue weighted by molar-refractivity contribution is -0.0801. The van der Waals surface area contributed by atoms with Crippen LogP contribution in [0.25, 0.3) is 21.5 Å². The summed E-state index contributed by atoms with van der Waals surface area (Å²) < 4.78 is 6.19.